The summed E-state index contributed by atoms with van der Waals surface area (Å²) >= 11 is 0. The fourth-order valence-electron chi connectivity index (χ4n) is 1.44. The van der Waals surface area contributed by atoms with Gasteiger partial charge >= 0.3 is 5.48 Å². The van der Waals surface area contributed by atoms with E-state index in [-0.39, 0.29) is 5.41 Å². The molecule has 0 atom stereocenters. The second-order valence-electron chi connectivity index (χ2n) is 4.45. The molecule has 2 nitrogen and oxygen atoms in total. The van der Waals surface area contributed by atoms with Gasteiger partial charge in [0.05, 0.1) is 12.4 Å². The van der Waals surface area contributed by atoms with Crippen molar-refractivity contribution < 1.29 is 4.24 Å². The van der Waals surface area contributed by atoms with Crippen molar-refractivity contribution >= 4 is 6.08 Å². The average molecular weight is 175 g/mol. The Hall–Kier alpha value is -1.18. The van der Waals surface area contributed by atoms with E-state index in [0.717, 1.165) is 17.6 Å². The Morgan fingerprint density at radius 3 is 2.85 bits per heavy atom. The van der Waals surface area contributed by atoms with Gasteiger partial charge < -0.3 is 0 Å². The fourth-order valence-corrected chi connectivity index (χ4v) is 1.44. The predicted molar refractivity (Wildman–Crippen MR) is 51.5 cm³/mol. The molecule has 0 saturated carbocycles. The summed E-state index contributed by atoms with van der Waals surface area (Å²) in [6, 6.07) is 2.10. The van der Waals surface area contributed by atoms with Gasteiger partial charge in [0.1, 0.15) is 0 Å². The first-order chi connectivity index (χ1) is 6.07. The Morgan fingerprint density at radius 2 is 2.15 bits per heavy atom. The van der Waals surface area contributed by atoms with E-state index in [1.54, 1.807) is 0 Å². The quantitative estimate of drug-likeness (QED) is 0.535. The Balaban J connectivity index is 2.62. The van der Waals surface area contributed by atoms with Crippen LogP contribution >= 0.6 is 0 Å². The van der Waals surface area contributed by atoms with Gasteiger partial charge in [-0.2, -0.15) is 0 Å². The van der Waals surface area contributed by atoms with Gasteiger partial charge in [0, 0.05) is 24.0 Å². The molecule has 1 aliphatic heterocycles. The normalized spacial score (nSPS) is 14.7. The molecule has 0 unspecified atom stereocenters. The van der Waals surface area contributed by atoms with Gasteiger partial charge in [-0.1, -0.05) is 20.8 Å². The van der Waals surface area contributed by atoms with Crippen molar-refractivity contribution in [2.75, 3.05) is 0 Å². The van der Waals surface area contributed by atoms with E-state index in [0.29, 0.717) is 0 Å². The van der Waals surface area contributed by atoms with Crippen LogP contribution in [0.2, 0.25) is 0 Å². The standard InChI is InChI=1S/C11H15N2/c1-11(2,3)9-6-8-13-7-4-5-10(13)12-9/h5-8H,4H2,1-3H3/q+1. The lowest BCUT2D eigenvalue weighted by Crippen LogP contribution is -2.38. The zero-order valence-electron chi connectivity index (χ0n) is 8.41. The van der Waals surface area contributed by atoms with Crippen LogP contribution in [0, 0.1) is 6.21 Å². The highest BCUT2D eigenvalue weighted by atomic mass is 14.9. The van der Waals surface area contributed by atoms with E-state index in [4.69, 9.17) is 0 Å². The molecule has 0 amide bonds. The van der Waals surface area contributed by atoms with Gasteiger partial charge in [0.2, 0.25) is 0 Å². The van der Waals surface area contributed by atoms with Gasteiger partial charge in [-0.25, -0.2) is 4.24 Å². The van der Waals surface area contributed by atoms with E-state index in [1.165, 1.54) is 0 Å². The first-order valence-corrected chi connectivity index (χ1v) is 4.66. The van der Waals surface area contributed by atoms with E-state index < -0.39 is 0 Å². The van der Waals surface area contributed by atoms with Crippen molar-refractivity contribution in [3.05, 3.63) is 29.7 Å². The Kier molecular flexibility index (Phi) is 1.72. The molecule has 2 heterocycles. The zero-order valence-corrected chi connectivity index (χ0v) is 8.41. The van der Waals surface area contributed by atoms with Gasteiger partial charge in [0.15, 0.2) is 5.69 Å². The van der Waals surface area contributed by atoms with Crippen LogP contribution in [0.3, 0.4) is 0 Å². The summed E-state index contributed by atoms with van der Waals surface area (Å²) in [6.45, 7) is 6.56. The minimum atomic E-state index is 0.145. The molecule has 0 spiro atoms. The summed E-state index contributed by atoms with van der Waals surface area (Å²) in [5.74, 6) is 0. The summed E-state index contributed by atoms with van der Waals surface area (Å²) in [5.41, 5.74) is 2.38. The summed E-state index contributed by atoms with van der Waals surface area (Å²) in [6.07, 6.45) is 7.37. The second kappa shape index (κ2) is 2.66. The third-order valence-corrected chi connectivity index (χ3v) is 2.26. The van der Waals surface area contributed by atoms with Crippen LogP contribution in [-0.4, -0.2) is 4.98 Å². The first kappa shape index (κ1) is 8.42. The lowest BCUT2D eigenvalue weighted by molar-refractivity contribution is -0.525. The monoisotopic (exact) mass is 175 g/mol. The first-order valence-electron chi connectivity index (χ1n) is 4.66. The Bertz CT molecular complexity index is 438. The minimum Gasteiger partial charge on any atom is -0.207 e. The van der Waals surface area contributed by atoms with Crippen molar-refractivity contribution in [2.45, 2.75) is 32.6 Å². The highest BCUT2D eigenvalue weighted by molar-refractivity contribution is 5.18. The molecular weight excluding hydrogens is 160 g/mol. The van der Waals surface area contributed by atoms with Crippen LogP contribution in [-0.2, 0) is 5.41 Å². The molecule has 0 saturated heterocycles. The fraction of sp³-hybridized carbons (Fsp3) is 0.455. The van der Waals surface area contributed by atoms with E-state index >= 15 is 0 Å². The van der Waals surface area contributed by atoms with Crippen molar-refractivity contribution in [1.29, 1.82) is 0 Å². The Morgan fingerprint density at radius 1 is 1.38 bits per heavy atom. The molecule has 0 radical (unpaired) electrons. The van der Waals surface area contributed by atoms with Crippen molar-refractivity contribution in [3.63, 3.8) is 0 Å². The third kappa shape index (κ3) is 1.48. The number of nitrogens with zero attached hydrogens (tertiary/aromatic N) is 2. The van der Waals surface area contributed by atoms with Gasteiger partial charge in [0.25, 0.3) is 0 Å². The third-order valence-electron chi connectivity index (χ3n) is 2.26. The molecular formula is C11H15N2+. The Labute approximate surface area is 78.3 Å². The number of hydrogen-bond acceptors (Lipinski definition) is 1. The van der Waals surface area contributed by atoms with Crippen molar-refractivity contribution in [2.24, 2.45) is 0 Å². The molecule has 0 N–H and O–H groups in total. The highest BCUT2D eigenvalue weighted by Crippen LogP contribution is 2.17. The number of fused-ring (bicyclic) bond motifs is 1. The number of hydrogen-bond donors (Lipinski definition) is 0. The smallest absolute Gasteiger partial charge is 0.207 e. The van der Waals surface area contributed by atoms with Crippen molar-refractivity contribution in [1.82, 2.24) is 4.98 Å². The van der Waals surface area contributed by atoms with Gasteiger partial charge in [-0.3, -0.25) is 0 Å². The molecule has 0 aromatic carbocycles. The number of rotatable bonds is 0. The molecule has 0 aliphatic carbocycles. The van der Waals surface area contributed by atoms with E-state index in [1.807, 2.05) is 0 Å². The average Bonchev–Trinajstić information content (AvgIpc) is 2.47. The summed E-state index contributed by atoms with van der Waals surface area (Å²) in [4.78, 5) is 4.60. The van der Waals surface area contributed by atoms with Crippen LogP contribution in [0.15, 0.2) is 12.3 Å². The maximum atomic E-state index is 4.60. The van der Waals surface area contributed by atoms with Crippen LogP contribution < -0.4 is 9.72 Å². The van der Waals surface area contributed by atoms with Crippen molar-refractivity contribution in [3.8, 4) is 0 Å². The maximum absolute atomic E-state index is 4.60. The van der Waals surface area contributed by atoms with Crippen LogP contribution in [0.4, 0.5) is 0 Å². The van der Waals surface area contributed by atoms with Crippen LogP contribution in [0.5, 0.6) is 0 Å². The maximum Gasteiger partial charge on any atom is 0.324 e. The molecule has 2 rings (SSSR count). The molecule has 0 fully saturated rings. The SMILES string of the molecule is CC(C)(C)c1cc[n+]2c(n1)=CCC=2. The molecule has 13 heavy (non-hydrogen) atoms. The lowest BCUT2D eigenvalue weighted by Gasteiger charge is -2.11. The number of aromatic nitrogens is 2. The minimum absolute atomic E-state index is 0.145. The zero-order chi connectivity index (χ0) is 9.47. The summed E-state index contributed by atoms with van der Waals surface area (Å²) < 4.78 is 2.08. The molecule has 68 valence electrons. The molecule has 1 aliphatic rings. The predicted octanol–water partition coefficient (Wildman–Crippen LogP) is 0.861. The molecule has 0 bridgehead atoms. The largest absolute Gasteiger partial charge is 0.324 e. The van der Waals surface area contributed by atoms with Gasteiger partial charge in [-0.15, -0.1) is 0 Å². The topological polar surface area (TPSA) is 18.8 Å². The summed E-state index contributed by atoms with van der Waals surface area (Å²) in [7, 11) is 0. The molecule has 1 aromatic heterocycles. The highest BCUT2D eigenvalue weighted by Gasteiger charge is 2.21. The van der Waals surface area contributed by atoms with E-state index in [2.05, 4.69) is 54.6 Å². The second-order valence-corrected chi connectivity index (χ2v) is 4.45. The van der Waals surface area contributed by atoms with Crippen LogP contribution in [0.1, 0.15) is 32.9 Å². The van der Waals surface area contributed by atoms with Gasteiger partial charge in [-0.05, 0) is 4.98 Å². The molecule has 2 heteroatoms. The van der Waals surface area contributed by atoms with Crippen LogP contribution in [0.25, 0.3) is 6.08 Å². The van der Waals surface area contributed by atoms with E-state index in [9.17, 15) is 0 Å². The lowest BCUT2D eigenvalue weighted by atomic mass is 9.92. The summed E-state index contributed by atoms with van der Waals surface area (Å²) in [5, 5.41) is 0. The molecule has 1 aromatic rings.